The molecule has 1 aliphatic rings. The third kappa shape index (κ3) is 4.56. The van der Waals surface area contributed by atoms with Gasteiger partial charge in [0.2, 0.25) is 11.8 Å². The Kier molecular flexibility index (Phi) is 5.08. The second-order valence-corrected chi connectivity index (χ2v) is 6.48. The number of rotatable bonds is 5. The van der Waals surface area contributed by atoms with Crippen LogP contribution in [0, 0.1) is 18.7 Å². The minimum Gasteiger partial charge on any atom is -0.426 e. The summed E-state index contributed by atoms with van der Waals surface area (Å²) in [6.45, 7) is 1.79. The Morgan fingerprint density at radius 3 is 2.72 bits per heavy atom. The molecular formula is C17H19F4N3O. The molecule has 0 saturated heterocycles. The molecule has 0 radical (unpaired) electrons. The largest absolute Gasteiger partial charge is 0.426 e. The Morgan fingerprint density at radius 1 is 1.24 bits per heavy atom. The van der Waals surface area contributed by atoms with Crippen LogP contribution in [0.5, 0.6) is 0 Å². The number of halogens is 4. The molecule has 1 aliphatic carbocycles. The van der Waals surface area contributed by atoms with Crippen molar-refractivity contribution in [3.63, 3.8) is 0 Å². The van der Waals surface area contributed by atoms with E-state index in [0.717, 1.165) is 25.3 Å². The van der Waals surface area contributed by atoms with E-state index in [4.69, 9.17) is 4.42 Å². The summed E-state index contributed by atoms with van der Waals surface area (Å²) in [7, 11) is 0. The van der Waals surface area contributed by atoms with Gasteiger partial charge >= 0.3 is 6.18 Å². The zero-order chi connectivity index (χ0) is 18.0. The summed E-state index contributed by atoms with van der Waals surface area (Å²) in [5.74, 6) is 0.610. The topological polar surface area (TPSA) is 51.0 Å². The molecule has 8 heteroatoms. The quantitative estimate of drug-likeness (QED) is 0.821. The van der Waals surface area contributed by atoms with Gasteiger partial charge in [0.15, 0.2) is 0 Å². The van der Waals surface area contributed by atoms with Gasteiger partial charge in [-0.1, -0.05) is 6.07 Å². The van der Waals surface area contributed by atoms with E-state index in [-0.39, 0.29) is 18.2 Å². The second-order valence-electron chi connectivity index (χ2n) is 6.48. The van der Waals surface area contributed by atoms with Crippen molar-refractivity contribution in [1.82, 2.24) is 15.5 Å². The van der Waals surface area contributed by atoms with E-state index in [1.165, 1.54) is 6.07 Å². The summed E-state index contributed by atoms with van der Waals surface area (Å²) in [6, 6.07) is 2.92. The Balaban J connectivity index is 1.56. The average Bonchev–Trinajstić information content (AvgIpc) is 3.14. The van der Waals surface area contributed by atoms with Crippen LogP contribution in [0.2, 0.25) is 0 Å². The SMILES string of the molecule is Cc1nnc(C[C@@H]2CC[C@H](NCc3ccc(F)cc3C(F)(F)F)C2)o1. The van der Waals surface area contributed by atoms with Crippen LogP contribution < -0.4 is 5.32 Å². The Labute approximate surface area is 142 Å². The molecule has 0 bridgehead atoms. The molecule has 0 amide bonds. The zero-order valence-electron chi connectivity index (χ0n) is 13.7. The Bertz CT molecular complexity index is 729. The first-order chi connectivity index (χ1) is 11.8. The lowest BCUT2D eigenvalue weighted by atomic mass is 10.0. The lowest BCUT2D eigenvalue weighted by molar-refractivity contribution is -0.138. The molecule has 3 rings (SSSR count). The molecule has 0 unspecified atom stereocenters. The maximum atomic E-state index is 13.1. The third-order valence-electron chi connectivity index (χ3n) is 4.53. The molecule has 136 valence electrons. The smallest absolute Gasteiger partial charge is 0.416 e. The van der Waals surface area contributed by atoms with Gasteiger partial charge in [0, 0.05) is 25.9 Å². The van der Waals surface area contributed by atoms with Crippen LogP contribution >= 0.6 is 0 Å². The van der Waals surface area contributed by atoms with Crippen LogP contribution in [0.1, 0.15) is 42.2 Å². The number of benzene rings is 1. The number of aryl methyl sites for hydroxylation is 1. The van der Waals surface area contributed by atoms with Gasteiger partial charge in [0.05, 0.1) is 5.56 Å². The Hall–Kier alpha value is -1.96. The van der Waals surface area contributed by atoms with Gasteiger partial charge in [-0.2, -0.15) is 13.2 Å². The van der Waals surface area contributed by atoms with Crippen LogP contribution in [-0.4, -0.2) is 16.2 Å². The molecule has 1 heterocycles. The number of nitrogens with one attached hydrogen (secondary N) is 1. The highest BCUT2D eigenvalue weighted by atomic mass is 19.4. The van der Waals surface area contributed by atoms with E-state index in [0.29, 0.717) is 30.2 Å². The molecular weight excluding hydrogens is 338 g/mol. The van der Waals surface area contributed by atoms with Crippen molar-refractivity contribution >= 4 is 0 Å². The number of hydrogen-bond acceptors (Lipinski definition) is 4. The fourth-order valence-corrected chi connectivity index (χ4v) is 3.33. The highest BCUT2D eigenvalue weighted by Crippen LogP contribution is 2.33. The van der Waals surface area contributed by atoms with Crippen LogP contribution in [-0.2, 0) is 19.1 Å². The lowest BCUT2D eigenvalue weighted by Gasteiger charge is -2.17. The number of alkyl halides is 3. The van der Waals surface area contributed by atoms with E-state index >= 15 is 0 Å². The molecule has 1 aromatic heterocycles. The van der Waals surface area contributed by atoms with Gasteiger partial charge in [0.25, 0.3) is 0 Å². The van der Waals surface area contributed by atoms with Crippen molar-refractivity contribution in [1.29, 1.82) is 0 Å². The normalized spacial score (nSPS) is 21.0. The first-order valence-corrected chi connectivity index (χ1v) is 8.19. The maximum absolute atomic E-state index is 13.1. The van der Waals surface area contributed by atoms with Crippen LogP contribution in [0.3, 0.4) is 0 Å². The van der Waals surface area contributed by atoms with Crippen LogP contribution in [0.15, 0.2) is 22.6 Å². The standard InChI is InChI=1S/C17H19F4N3O/c1-10-23-24-16(25-10)7-11-2-5-14(6-11)22-9-12-3-4-13(18)8-15(12)17(19,20)21/h3-4,8,11,14,22H,2,5-7,9H2,1H3/t11-,14+/m1/s1. The van der Waals surface area contributed by atoms with Gasteiger partial charge < -0.3 is 9.73 Å². The third-order valence-corrected chi connectivity index (χ3v) is 4.53. The van der Waals surface area contributed by atoms with Gasteiger partial charge in [-0.05, 0) is 42.9 Å². The number of nitrogens with zero attached hydrogens (tertiary/aromatic N) is 2. The van der Waals surface area contributed by atoms with Gasteiger partial charge in [0.1, 0.15) is 5.82 Å². The van der Waals surface area contributed by atoms with Crippen LogP contribution in [0.4, 0.5) is 17.6 Å². The monoisotopic (exact) mass is 357 g/mol. The van der Waals surface area contributed by atoms with E-state index in [1.54, 1.807) is 6.92 Å². The molecule has 1 aromatic carbocycles. The molecule has 1 saturated carbocycles. The van der Waals surface area contributed by atoms with Gasteiger partial charge in [-0.15, -0.1) is 10.2 Å². The number of hydrogen-bond donors (Lipinski definition) is 1. The first kappa shape index (κ1) is 17.8. The summed E-state index contributed by atoms with van der Waals surface area (Å²) in [6.07, 6.45) is -1.21. The fraction of sp³-hybridized carbons (Fsp3) is 0.529. The molecule has 1 N–H and O–H groups in total. The molecule has 25 heavy (non-hydrogen) atoms. The summed E-state index contributed by atoms with van der Waals surface area (Å²) in [5, 5.41) is 10.9. The van der Waals surface area contributed by atoms with Gasteiger partial charge in [-0.25, -0.2) is 4.39 Å². The summed E-state index contributed by atoms with van der Waals surface area (Å²) < 4.78 is 57.6. The minimum atomic E-state index is -4.56. The maximum Gasteiger partial charge on any atom is 0.416 e. The average molecular weight is 357 g/mol. The molecule has 0 spiro atoms. The summed E-state index contributed by atoms with van der Waals surface area (Å²) in [5.41, 5.74) is -0.860. The highest BCUT2D eigenvalue weighted by Gasteiger charge is 2.34. The Morgan fingerprint density at radius 2 is 2.04 bits per heavy atom. The predicted molar refractivity (Wildman–Crippen MR) is 82.1 cm³/mol. The first-order valence-electron chi connectivity index (χ1n) is 8.19. The lowest BCUT2D eigenvalue weighted by Crippen LogP contribution is -2.27. The van der Waals surface area contributed by atoms with Crippen molar-refractivity contribution in [3.05, 3.63) is 46.9 Å². The molecule has 2 atom stereocenters. The van der Waals surface area contributed by atoms with Crippen molar-refractivity contribution in [2.45, 2.75) is 51.4 Å². The van der Waals surface area contributed by atoms with E-state index < -0.39 is 17.6 Å². The molecule has 0 aliphatic heterocycles. The summed E-state index contributed by atoms with van der Waals surface area (Å²) >= 11 is 0. The van der Waals surface area contributed by atoms with E-state index in [2.05, 4.69) is 15.5 Å². The van der Waals surface area contributed by atoms with E-state index in [1.807, 2.05) is 0 Å². The highest BCUT2D eigenvalue weighted by molar-refractivity contribution is 5.30. The van der Waals surface area contributed by atoms with Crippen molar-refractivity contribution in [2.75, 3.05) is 0 Å². The van der Waals surface area contributed by atoms with Crippen molar-refractivity contribution in [3.8, 4) is 0 Å². The predicted octanol–water partition coefficient (Wildman–Crippen LogP) is 4.04. The summed E-state index contributed by atoms with van der Waals surface area (Å²) in [4.78, 5) is 0. The van der Waals surface area contributed by atoms with Gasteiger partial charge in [-0.3, -0.25) is 0 Å². The van der Waals surface area contributed by atoms with Crippen molar-refractivity contribution < 1.29 is 22.0 Å². The molecule has 1 fully saturated rings. The second kappa shape index (κ2) is 7.11. The zero-order valence-corrected chi connectivity index (χ0v) is 13.7. The fourth-order valence-electron chi connectivity index (χ4n) is 3.33. The number of aromatic nitrogens is 2. The minimum absolute atomic E-state index is 0.0601. The molecule has 4 nitrogen and oxygen atoms in total. The van der Waals surface area contributed by atoms with E-state index in [9.17, 15) is 17.6 Å². The molecule has 2 aromatic rings. The van der Waals surface area contributed by atoms with Crippen LogP contribution in [0.25, 0.3) is 0 Å². The van der Waals surface area contributed by atoms with Crippen molar-refractivity contribution in [2.24, 2.45) is 5.92 Å².